The Kier molecular flexibility index (Phi) is 6.25. The molecule has 176 valence electrons. The minimum absolute atomic E-state index is 0.0000852. The van der Waals surface area contributed by atoms with Crippen molar-refractivity contribution in [2.45, 2.75) is 83.6 Å². The van der Waals surface area contributed by atoms with Crippen LogP contribution in [0.2, 0.25) is 0 Å². The lowest BCUT2D eigenvalue weighted by Gasteiger charge is -2.45. The van der Waals surface area contributed by atoms with E-state index in [4.69, 9.17) is 24.9 Å². The molecule has 1 aliphatic heterocycles. The van der Waals surface area contributed by atoms with E-state index in [1.165, 1.54) is 5.56 Å². The van der Waals surface area contributed by atoms with Crippen LogP contribution in [0.5, 0.6) is 5.75 Å². The third-order valence-corrected chi connectivity index (χ3v) is 7.37. The molecular formula is C25H37N3O4. The first-order chi connectivity index (χ1) is 15.2. The van der Waals surface area contributed by atoms with Crippen LogP contribution in [0.4, 0.5) is 0 Å². The topological polar surface area (TPSA) is 86.4 Å². The second-order valence-corrected chi connectivity index (χ2v) is 9.93. The lowest BCUT2D eigenvalue weighted by Crippen LogP contribution is -2.53. The van der Waals surface area contributed by atoms with E-state index in [-0.39, 0.29) is 29.6 Å². The molecule has 7 nitrogen and oxygen atoms in total. The number of carbonyl (C=O) groups excluding carboxylic acids is 1. The predicted octanol–water partition coefficient (Wildman–Crippen LogP) is 3.38. The molecule has 1 saturated carbocycles. The first-order valence-electron chi connectivity index (χ1n) is 11.8. The number of aliphatic imine (C=N–C) groups is 1. The van der Waals surface area contributed by atoms with Gasteiger partial charge in [-0.05, 0) is 83.1 Å². The fraction of sp³-hybridized carbons (Fsp3) is 0.680. The number of amides is 1. The van der Waals surface area contributed by atoms with Crippen LogP contribution in [0.25, 0.3) is 0 Å². The van der Waals surface area contributed by atoms with Crippen LogP contribution in [-0.2, 0) is 26.2 Å². The minimum atomic E-state index is -0.983. The number of nitrogens with zero attached hydrogens (tertiary/aromatic N) is 2. The van der Waals surface area contributed by atoms with Gasteiger partial charge in [-0.25, -0.2) is 4.99 Å². The van der Waals surface area contributed by atoms with Gasteiger partial charge >= 0.3 is 0 Å². The molecule has 1 aromatic rings. The largest absolute Gasteiger partial charge is 0.491 e. The highest BCUT2D eigenvalue weighted by Crippen LogP contribution is 2.62. The van der Waals surface area contributed by atoms with Crippen LogP contribution in [0.15, 0.2) is 23.2 Å². The quantitative estimate of drug-likeness (QED) is 0.653. The van der Waals surface area contributed by atoms with E-state index in [0.29, 0.717) is 19.2 Å². The third-order valence-electron chi connectivity index (χ3n) is 7.37. The molecule has 2 aliphatic carbocycles. The summed E-state index contributed by atoms with van der Waals surface area (Å²) in [5.74, 6) is 1.06. The molecule has 3 aliphatic rings. The van der Waals surface area contributed by atoms with Crippen LogP contribution >= 0.6 is 0 Å². The molecule has 1 heterocycles. The maximum atomic E-state index is 14.1. The zero-order valence-corrected chi connectivity index (χ0v) is 20.0. The number of rotatable bonds is 7. The van der Waals surface area contributed by atoms with E-state index in [1.807, 2.05) is 39.8 Å². The van der Waals surface area contributed by atoms with Crippen molar-refractivity contribution >= 4 is 11.9 Å². The van der Waals surface area contributed by atoms with Crippen molar-refractivity contribution in [1.82, 2.24) is 4.90 Å². The van der Waals surface area contributed by atoms with E-state index in [1.54, 1.807) is 12.0 Å². The van der Waals surface area contributed by atoms with E-state index < -0.39 is 5.54 Å². The molecule has 1 fully saturated rings. The third kappa shape index (κ3) is 3.59. The summed E-state index contributed by atoms with van der Waals surface area (Å²) >= 11 is 0. The van der Waals surface area contributed by atoms with Gasteiger partial charge in [0.1, 0.15) is 12.4 Å². The van der Waals surface area contributed by atoms with Gasteiger partial charge in [0.25, 0.3) is 5.91 Å². The van der Waals surface area contributed by atoms with Gasteiger partial charge in [0.05, 0.1) is 18.8 Å². The summed E-state index contributed by atoms with van der Waals surface area (Å²) in [7, 11) is 1.77. The van der Waals surface area contributed by atoms with Crippen molar-refractivity contribution in [3.8, 4) is 5.75 Å². The zero-order valence-electron chi connectivity index (χ0n) is 20.0. The number of carbonyl (C=O) groups is 1. The first-order valence-corrected chi connectivity index (χ1v) is 11.8. The molecule has 32 heavy (non-hydrogen) atoms. The van der Waals surface area contributed by atoms with Crippen molar-refractivity contribution in [2.75, 3.05) is 20.3 Å². The summed E-state index contributed by atoms with van der Waals surface area (Å²) in [4.78, 5) is 20.7. The molecule has 0 bridgehead atoms. The summed E-state index contributed by atoms with van der Waals surface area (Å²) in [5.41, 5.74) is 7.23. The van der Waals surface area contributed by atoms with Crippen LogP contribution in [-0.4, -0.2) is 55.3 Å². The van der Waals surface area contributed by atoms with E-state index in [0.717, 1.165) is 43.4 Å². The Morgan fingerprint density at radius 2 is 1.91 bits per heavy atom. The molecular weight excluding hydrogens is 406 g/mol. The SMILES string of the molecule is COC1CCC2(CC1)Cc1ccc(OCCOC(C)C)cc1C21N=C(N)N(C(C)C)C1=O. The van der Waals surface area contributed by atoms with E-state index in [2.05, 4.69) is 6.07 Å². The number of methoxy groups -OCH3 is 1. The van der Waals surface area contributed by atoms with Crippen molar-refractivity contribution in [2.24, 2.45) is 16.1 Å². The number of hydrogen-bond acceptors (Lipinski definition) is 6. The molecule has 0 radical (unpaired) electrons. The number of fused-ring (bicyclic) bond motifs is 3. The molecule has 2 spiro atoms. The fourth-order valence-corrected chi connectivity index (χ4v) is 5.85. The van der Waals surface area contributed by atoms with E-state index in [9.17, 15) is 4.79 Å². The molecule has 0 saturated heterocycles. The Labute approximate surface area is 191 Å². The second-order valence-electron chi connectivity index (χ2n) is 9.93. The molecule has 7 heteroatoms. The lowest BCUT2D eigenvalue weighted by atomic mass is 9.61. The molecule has 2 N–H and O–H groups in total. The Hall–Kier alpha value is -2.12. The number of guanidine groups is 1. The van der Waals surface area contributed by atoms with Gasteiger partial charge in [-0.15, -0.1) is 0 Å². The zero-order chi connectivity index (χ0) is 23.1. The number of benzene rings is 1. The second kappa shape index (κ2) is 8.67. The molecule has 1 aromatic carbocycles. The van der Waals surface area contributed by atoms with Crippen molar-refractivity contribution in [3.63, 3.8) is 0 Å². The maximum Gasteiger partial charge on any atom is 0.262 e. The molecule has 1 unspecified atom stereocenters. The Bertz CT molecular complexity index is 889. The normalized spacial score (nSPS) is 29.5. The summed E-state index contributed by atoms with van der Waals surface area (Å²) in [6.07, 6.45) is 4.84. The highest BCUT2D eigenvalue weighted by atomic mass is 16.5. The Balaban J connectivity index is 1.71. The van der Waals surface area contributed by atoms with Crippen LogP contribution in [0.1, 0.15) is 64.5 Å². The average Bonchev–Trinajstić information content (AvgIpc) is 3.17. The van der Waals surface area contributed by atoms with Gasteiger partial charge in [0.15, 0.2) is 11.5 Å². The van der Waals surface area contributed by atoms with Gasteiger partial charge in [0.2, 0.25) is 0 Å². The van der Waals surface area contributed by atoms with Crippen molar-refractivity contribution in [3.05, 3.63) is 29.3 Å². The van der Waals surface area contributed by atoms with Crippen LogP contribution in [0, 0.1) is 5.41 Å². The Morgan fingerprint density at radius 3 is 2.50 bits per heavy atom. The predicted molar refractivity (Wildman–Crippen MR) is 124 cm³/mol. The smallest absolute Gasteiger partial charge is 0.262 e. The van der Waals surface area contributed by atoms with Gasteiger partial charge in [-0.2, -0.15) is 0 Å². The highest BCUT2D eigenvalue weighted by Gasteiger charge is 2.67. The number of hydrogen-bond donors (Lipinski definition) is 1. The monoisotopic (exact) mass is 443 g/mol. The van der Waals surface area contributed by atoms with Gasteiger partial charge in [-0.1, -0.05) is 6.07 Å². The van der Waals surface area contributed by atoms with Crippen LogP contribution < -0.4 is 10.5 Å². The summed E-state index contributed by atoms with van der Waals surface area (Å²) in [6, 6.07) is 6.06. The van der Waals surface area contributed by atoms with Crippen molar-refractivity contribution < 1.29 is 19.0 Å². The van der Waals surface area contributed by atoms with Crippen LogP contribution in [0.3, 0.4) is 0 Å². The first kappa shape index (κ1) is 23.1. The lowest BCUT2D eigenvalue weighted by molar-refractivity contribution is -0.139. The van der Waals surface area contributed by atoms with Gasteiger partial charge in [0, 0.05) is 18.6 Å². The fourth-order valence-electron chi connectivity index (χ4n) is 5.85. The minimum Gasteiger partial charge on any atom is -0.491 e. The standard InChI is InChI=1S/C25H37N3O4/c1-16(2)28-22(29)25(27-23(28)26)21-14-20(32-13-12-31-17(3)4)7-6-18(21)15-24(25)10-8-19(30-5)9-11-24/h6-7,14,16-17,19H,8-13,15H2,1-5H3,(H2,26,27). The average molecular weight is 444 g/mol. The molecule has 4 rings (SSSR count). The highest BCUT2D eigenvalue weighted by molar-refractivity contribution is 6.08. The summed E-state index contributed by atoms with van der Waals surface area (Å²) < 4.78 is 17.2. The van der Waals surface area contributed by atoms with Gasteiger partial charge in [-0.3, -0.25) is 9.69 Å². The maximum absolute atomic E-state index is 14.1. The number of ether oxygens (including phenoxy) is 3. The molecule has 1 amide bonds. The van der Waals surface area contributed by atoms with Gasteiger partial charge < -0.3 is 19.9 Å². The summed E-state index contributed by atoms with van der Waals surface area (Å²) in [6.45, 7) is 8.96. The molecule has 1 atom stereocenters. The Morgan fingerprint density at radius 1 is 1.19 bits per heavy atom. The van der Waals surface area contributed by atoms with Crippen molar-refractivity contribution in [1.29, 1.82) is 0 Å². The summed E-state index contributed by atoms with van der Waals surface area (Å²) in [5, 5.41) is 0. The van der Waals surface area contributed by atoms with E-state index >= 15 is 0 Å². The number of nitrogens with two attached hydrogens (primary N) is 1. The molecule has 0 aromatic heterocycles.